The predicted octanol–water partition coefficient (Wildman–Crippen LogP) is 0.0831. The second-order valence-electron chi connectivity index (χ2n) is 2.99. The molecule has 0 bridgehead atoms. The summed E-state index contributed by atoms with van der Waals surface area (Å²) in [5, 5.41) is 0.882. The van der Waals surface area contributed by atoms with Crippen LogP contribution in [0.5, 0.6) is 0 Å². The van der Waals surface area contributed by atoms with Crippen molar-refractivity contribution in [3.8, 4) is 0 Å². The molecule has 4 N–H and O–H groups in total. The van der Waals surface area contributed by atoms with Crippen LogP contribution in [0.2, 0.25) is 0 Å². The summed E-state index contributed by atoms with van der Waals surface area (Å²) in [5.41, 5.74) is 10.7. The first kappa shape index (κ1) is 8.87. The van der Waals surface area contributed by atoms with E-state index in [4.69, 9.17) is 11.5 Å². The predicted molar refractivity (Wildman–Crippen MR) is 47.2 cm³/mol. The minimum atomic E-state index is -0.454. The molecule has 4 heteroatoms. The van der Waals surface area contributed by atoms with Crippen LogP contribution in [0.1, 0.15) is 19.8 Å². The van der Waals surface area contributed by atoms with Crippen LogP contribution in [0.25, 0.3) is 0 Å². The van der Waals surface area contributed by atoms with E-state index in [1.807, 2.05) is 0 Å². The van der Waals surface area contributed by atoms with Gasteiger partial charge in [-0.15, -0.1) is 0 Å². The second kappa shape index (κ2) is 3.45. The Balaban J connectivity index is 2.43. The van der Waals surface area contributed by atoms with Crippen molar-refractivity contribution >= 4 is 17.7 Å². The van der Waals surface area contributed by atoms with Crippen molar-refractivity contribution in [2.24, 2.45) is 11.5 Å². The van der Waals surface area contributed by atoms with Crippen LogP contribution in [-0.4, -0.2) is 22.4 Å². The molecular formula is C7H14N2OS. The number of rotatable bonds is 2. The van der Waals surface area contributed by atoms with Crippen molar-refractivity contribution in [3.05, 3.63) is 0 Å². The topological polar surface area (TPSA) is 69.1 Å². The van der Waals surface area contributed by atoms with Crippen molar-refractivity contribution in [3.63, 3.8) is 0 Å². The van der Waals surface area contributed by atoms with E-state index in [1.165, 1.54) is 0 Å². The average molecular weight is 174 g/mol. The molecule has 11 heavy (non-hydrogen) atoms. The highest BCUT2D eigenvalue weighted by Crippen LogP contribution is 2.34. The zero-order valence-electron chi connectivity index (χ0n) is 6.62. The third-order valence-electron chi connectivity index (χ3n) is 1.99. The maximum Gasteiger partial charge on any atom is 0.235 e. The van der Waals surface area contributed by atoms with Crippen molar-refractivity contribution in [1.29, 1.82) is 0 Å². The second-order valence-corrected chi connectivity index (χ2v) is 4.67. The number of amides is 1. The minimum absolute atomic E-state index is 0.252. The molecule has 1 fully saturated rings. The summed E-state index contributed by atoms with van der Waals surface area (Å²) in [6, 6.07) is -0.454. The van der Waals surface area contributed by atoms with Gasteiger partial charge < -0.3 is 11.5 Å². The number of primary amides is 1. The van der Waals surface area contributed by atoms with Crippen molar-refractivity contribution in [2.75, 3.05) is 0 Å². The van der Waals surface area contributed by atoms with Gasteiger partial charge >= 0.3 is 0 Å². The van der Waals surface area contributed by atoms with E-state index in [2.05, 4.69) is 6.92 Å². The Bertz CT molecular complexity index is 163. The Morgan fingerprint density at radius 3 is 2.64 bits per heavy atom. The number of hydrogen-bond donors (Lipinski definition) is 2. The molecule has 1 aliphatic heterocycles. The van der Waals surface area contributed by atoms with Gasteiger partial charge in [-0.1, -0.05) is 6.92 Å². The normalized spacial score (nSPS) is 33.6. The van der Waals surface area contributed by atoms with E-state index in [1.54, 1.807) is 11.8 Å². The molecule has 0 aromatic heterocycles. The summed E-state index contributed by atoms with van der Waals surface area (Å²) in [6.07, 6.45) is 2.17. The monoisotopic (exact) mass is 174 g/mol. The fourth-order valence-corrected chi connectivity index (χ4v) is 2.73. The molecule has 1 aliphatic rings. The SMILES string of the molecule is CC1CCC(C(N)C(N)=O)S1. The molecule has 1 amide bonds. The lowest BCUT2D eigenvalue weighted by Crippen LogP contribution is -2.43. The van der Waals surface area contributed by atoms with Gasteiger partial charge in [-0.2, -0.15) is 11.8 Å². The summed E-state index contributed by atoms with van der Waals surface area (Å²) < 4.78 is 0. The minimum Gasteiger partial charge on any atom is -0.368 e. The summed E-state index contributed by atoms with van der Waals surface area (Å²) in [5.74, 6) is -0.378. The number of hydrogen-bond acceptors (Lipinski definition) is 3. The highest BCUT2D eigenvalue weighted by Gasteiger charge is 2.29. The first-order chi connectivity index (χ1) is 5.11. The van der Waals surface area contributed by atoms with Gasteiger partial charge in [-0.05, 0) is 12.8 Å². The Labute approximate surface area is 70.9 Å². The number of thioether (sulfide) groups is 1. The van der Waals surface area contributed by atoms with Crippen molar-refractivity contribution < 1.29 is 4.79 Å². The molecule has 3 nitrogen and oxygen atoms in total. The third-order valence-corrected chi connectivity index (χ3v) is 3.57. The van der Waals surface area contributed by atoms with E-state index < -0.39 is 6.04 Å². The lowest BCUT2D eigenvalue weighted by atomic mass is 10.1. The number of carbonyl (C=O) groups is 1. The van der Waals surface area contributed by atoms with E-state index in [0.29, 0.717) is 5.25 Å². The first-order valence-electron chi connectivity index (χ1n) is 3.81. The van der Waals surface area contributed by atoms with Crippen LogP contribution < -0.4 is 11.5 Å². The molecule has 1 saturated heterocycles. The van der Waals surface area contributed by atoms with Crippen LogP contribution in [0, 0.1) is 0 Å². The van der Waals surface area contributed by atoms with E-state index >= 15 is 0 Å². The van der Waals surface area contributed by atoms with Gasteiger partial charge in [0.1, 0.15) is 0 Å². The number of nitrogens with two attached hydrogens (primary N) is 2. The summed E-state index contributed by atoms with van der Waals surface area (Å²) in [4.78, 5) is 10.7. The zero-order chi connectivity index (χ0) is 8.43. The first-order valence-corrected chi connectivity index (χ1v) is 4.76. The summed E-state index contributed by atoms with van der Waals surface area (Å²) >= 11 is 1.78. The molecular weight excluding hydrogens is 160 g/mol. The highest BCUT2D eigenvalue weighted by molar-refractivity contribution is 8.00. The molecule has 0 aliphatic carbocycles. The van der Waals surface area contributed by atoms with Gasteiger partial charge in [-0.3, -0.25) is 4.79 Å². The summed E-state index contributed by atoms with van der Waals surface area (Å²) in [6.45, 7) is 2.15. The molecule has 3 atom stereocenters. The van der Waals surface area contributed by atoms with Crippen LogP contribution in [-0.2, 0) is 4.79 Å². The maximum atomic E-state index is 10.7. The Morgan fingerprint density at radius 2 is 2.27 bits per heavy atom. The third kappa shape index (κ3) is 2.10. The Hall–Kier alpha value is -0.220. The molecule has 0 aromatic rings. The van der Waals surface area contributed by atoms with Gasteiger partial charge in [0, 0.05) is 10.5 Å². The maximum absolute atomic E-state index is 10.7. The quantitative estimate of drug-likeness (QED) is 0.623. The van der Waals surface area contributed by atoms with Crippen LogP contribution in [0.4, 0.5) is 0 Å². The fraction of sp³-hybridized carbons (Fsp3) is 0.857. The van der Waals surface area contributed by atoms with Gasteiger partial charge in [0.2, 0.25) is 5.91 Å². The van der Waals surface area contributed by atoms with Gasteiger partial charge in [-0.25, -0.2) is 0 Å². The lowest BCUT2D eigenvalue weighted by Gasteiger charge is -2.14. The molecule has 0 saturated carbocycles. The smallest absolute Gasteiger partial charge is 0.235 e. The van der Waals surface area contributed by atoms with Gasteiger partial charge in [0.15, 0.2) is 0 Å². The largest absolute Gasteiger partial charge is 0.368 e. The van der Waals surface area contributed by atoms with Crippen LogP contribution in [0.15, 0.2) is 0 Å². The average Bonchev–Trinajstić information content (AvgIpc) is 2.34. The molecule has 0 spiro atoms. The van der Waals surface area contributed by atoms with Crippen molar-refractivity contribution in [2.45, 2.75) is 36.3 Å². The van der Waals surface area contributed by atoms with E-state index in [9.17, 15) is 4.79 Å². The highest BCUT2D eigenvalue weighted by atomic mass is 32.2. The van der Waals surface area contributed by atoms with E-state index in [0.717, 1.165) is 12.8 Å². The van der Waals surface area contributed by atoms with Crippen molar-refractivity contribution in [1.82, 2.24) is 0 Å². The van der Waals surface area contributed by atoms with Gasteiger partial charge in [0.05, 0.1) is 6.04 Å². The number of carbonyl (C=O) groups excluding carboxylic acids is 1. The molecule has 1 heterocycles. The molecule has 0 aromatic carbocycles. The molecule has 0 radical (unpaired) electrons. The van der Waals surface area contributed by atoms with Gasteiger partial charge in [0.25, 0.3) is 0 Å². The van der Waals surface area contributed by atoms with Crippen LogP contribution >= 0.6 is 11.8 Å². The van der Waals surface area contributed by atoms with E-state index in [-0.39, 0.29) is 11.2 Å². The molecule has 64 valence electrons. The zero-order valence-corrected chi connectivity index (χ0v) is 7.43. The molecule has 3 unspecified atom stereocenters. The fourth-order valence-electron chi connectivity index (χ4n) is 1.28. The lowest BCUT2D eigenvalue weighted by molar-refractivity contribution is -0.119. The Kier molecular flexibility index (Phi) is 2.78. The molecule has 1 rings (SSSR count). The standard InChI is InChI=1S/C7H14N2OS/c1-4-2-3-5(11-4)6(8)7(9)10/h4-6H,2-3,8H2,1H3,(H2,9,10). The Morgan fingerprint density at radius 1 is 1.64 bits per heavy atom. The van der Waals surface area contributed by atoms with Crippen LogP contribution in [0.3, 0.4) is 0 Å². The summed E-state index contributed by atoms with van der Waals surface area (Å²) in [7, 11) is 0.